The Morgan fingerprint density at radius 1 is 1.38 bits per heavy atom. The highest BCUT2D eigenvalue weighted by Gasteiger charge is 2.17. The van der Waals surface area contributed by atoms with Crippen LogP contribution in [0, 0.1) is 0 Å². The predicted octanol–water partition coefficient (Wildman–Crippen LogP) is 3.32. The Morgan fingerprint density at radius 2 is 2.19 bits per heavy atom. The van der Waals surface area contributed by atoms with Crippen molar-refractivity contribution in [3.05, 3.63) is 36.2 Å². The van der Waals surface area contributed by atoms with Crippen LogP contribution in [0.1, 0.15) is 37.3 Å². The SMILES string of the molecule is COc1cc(CNc2cnn(C3CCCC3)c2)ccc1O. The summed E-state index contributed by atoms with van der Waals surface area (Å²) in [5, 5.41) is 17.4. The average molecular weight is 287 g/mol. The first-order valence-corrected chi connectivity index (χ1v) is 7.40. The van der Waals surface area contributed by atoms with Gasteiger partial charge in [0, 0.05) is 12.7 Å². The third kappa shape index (κ3) is 3.12. The molecule has 5 heteroatoms. The zero-order valence-corrected chi connectivity index (χ0v) is 12.2. The molecule has 2 aromatic rings. The molecule has 3 rings (SSSR count). The van der Waals surface area contributed by atoms with Gasteiger partial charge >= 0.3 is 0 Å². The maximum absolute atomic E-state index is 9.59. The molecule has 0 radical (unpaired) electrons. The Labute approximate surface area is 124 Å². The molecule has 0 amide bonds. The molecule has 1 aliphatic rings. The first kappa shape index (κ1) is 13.8. The van der Waals surface area contributed by atoms with Crippen LogP contribution in [0.25, 0.3) is 0 Å². The van der Waals surface area contributed by atoms with Gasteiger partial charge in [0.2, 0.25) is 0 Å². The lowest BCUT2D eigenvalue weighted by Gasteiger charge is -2.09. The van der Waals surface area contributed by atoms with Gasteiger partial charge in [-0.3, -0.25) is 4.68 Å². The van der Waals surface area contributed by atoms with E-state index in [0.29, 0.717) is 18.3 Å². The Hall–Kier alpha value is -2.17. The van der Waals surface area contributed by atoms with Crippen molar-refractivity contribution in [2.75, 3.05) is 12.4 Å². The van der Waals surface area contributed by atoms with E-state index in [4.69, 9.17) is 4.74 Å². The van der Waals surface area contributed by atoms with E-state index in [2.05, 4.69) is 21.3 Å². The van der Waals surface area contributed by atoms with Crippen LogP contribution in [0.2, 0.25) is 0 Å². The zero-order valence-electron chi connectivity index (χ0n) is 12.2. The zero-order chi connectivity index (χ0) is 14.7. The predicted molar refractivity (Wildman–Crippen MR) is 81.7 cm³/mol. The molecule has 1 saturated carbocycles. The summed E-state index contributed by atoms with van der Waals surface area (Å²) in [5.74, 6) is 0.659. The highest BCUT2D eigenvalue weighted by Crippen LogP contribution is 2.30. The number of ether oxygens (including phenoxy) is 1. The number of nitrogens with zero attached hydrogens (tertiary/aromatic N) is 2. The monoisotopic (exact) mass is 287 g/mol. The number of phenolic OH excluding ortho intramolecular Hbond substituents is 1. The lowest BCUT2D eigenvalue weighted by molar-refractivity contribution is 0.373. The number of benzene rings is 1. The van der Waals surface area contributed by atoms with E-state index in [9.17, 15) is 5.11 Å². The van der Waals surface area contributed by atoms with Crippen molar-refractivity contribution in [3.8, 4) is 11.5 Å². The molecule has 5 nitrogen and oxygen atoms in total. The van der Waals surface area contributed by atoms with Gasteiger partial charge in [-0.15, -0.1) is 0 Å². The number of phenols is 1. The largest absolute Gasteiger partial charge is 0.504 e. The molecule has 112 valence electrons. The number of aromatic nitrogens is 2. The molecule has 21 heavy (non-hydrogen) atoms. The molecule has 1 aromatic carbocycles. The first-order valence-electron chi connectivity index (χ1n) is 7.40. The fraction of sp³-hybridized carbons (Fsp3) is 0.438. The minimum absolute atomic E-state index is 0.162. The van der Waals surface area contributed by atoms with Gasteiger partial charge in [0.05, 0.1) is 25.0 Å². The fourth-order valence-electron chi connectivity index (χ4n) is 2.83. The van der Waals surface area contributed by atoms with E-state index in [1.807, 2.05) is 18.3 Å². The minimum atomic E-state index is 0.162. The van der Waals surface area contributed by atoms with Crippen LogP contribution in [0.15, 0.2) is 30.6 Å². The summed E-state index contributed by atoms with van der Waals surface area (Å²) in [6.07, 6.45) is 9.03. The summed E-state index contributed by atoms with van der Waals surface area (Å²) >= 11 is 0. The van der Waals surface area contributed by atoms with Crippen LogP contribution in [-0.2, 0) is 6.54 Å². The number of rotatable bonds is 5. The van der Waals surface area contributed by atoms with Crippen molar-refractivity contribution in [1.82, 2.24) is 9.78 Å². The number of methoxy groups -OCH3 is 1. The van der Waals surface area contributed by atoms with Crippen molar-refractivity contribution in [2.45, 2.75) is 38.3 Å². The van der Waals surface area contributed by atoms with Gasteiger partial charge in [-0.1, -0.05) is 18.9 Å². The van der Waals surface area contributed by atoms with Crippen molar-refractivity contribution >= 4 is 5.69 Å². The summed E-state index contributed by atoms with van der Waals surface area (Å²) in [4.78, 5) is 0. The molecule has 0 saturated heterocycles. The second-order valence-corrected chi connectivity index (χ2v) is 5.51. The molecule has 0 bridgehead atoms. The second-order valence-electron chi connectivity index (χ2n) is 5.51. The number of aromatic hydroxyl groups is 1. The summed E-state index contributed by atoms with van der Waals surface area (Å²) < 4.78 is 7.19. The van der Waals surface area contributed by atoms with E-state index < -0.39 is 0 Å². The van der Waals surface area contributed by atoms with Gasteiger partial charge in [0.1, 0.15) is 0 Å². The second kappa shape index (κ2) is 6.08. The highest BCUT2D eigenvalue weighted by atomic mass is 16.5. The van der Waals surface area contributed by atoms with Crippen LogP contribution in [0.4, 0.5) is 5.69 Å². The van der Waals surface area contributed by atoms with Crippen molar-refractivity contribution in [2.24, 2.45) is 0 Å². The van der Waals surface area contributed by atoms with Crippen LogP contribution in [0.5, 0.6) is 11.5 Å². The van der Waals surface area contributed by atoms with Crippen molar-refractivity contribution in [3.63, 3.8) is 0 Å². The van der Waals surface area contributed by atoms with E-state index >= 15 is 0 Å². The van der Waals surface area contributed by atoms with Gasteiger partial charge in [-0.2, -0.15) is 5.10 Å². The highest BCUT2D eigenvalue weighted by molar-refractivity contribution is 5.44. The molecule has 0 unspecified atom stereocenters. The van der Waals surface area contributed by atoms with Gasteiger partial charge in [-0.25, -0.2) is 0 Å². The number of hydrogen-bond donors (Lipinski definition) is 2. The van der Waals surface area contributed by atoms with E-state index in [-0.39, 0.29) is 5.75 Å². The lowest BCUT2D eigenvalue weighted by atomic mass is 10.2. The standard InChI is InChI=1S/C16H21N3O2/c1-21-16-8-12(6-7-15(16)20)9-17-13-10-18-19(11-13)14-4-2-3-5-14/h6-8,10-11,14,17,20H,2-5,9H2,1H3. The molecule has 1 heterocycles. The molecular weight excluding hydrogens is 266 g/mol. The fourth-order valence-corrected chi connectivity index (χ4v) is 2.83. The Balaban J connectivity index is 1.62. The summed E-state index contributed by atoms with van der Waals surface area (Å²) in [6.45, 7) is 0.674. The quantitative estimate of drug-likeness (QED) is 0.885. The lowest BCUT2D eigenvalue weighted by Crippen LogP contribution is -2.04. The smallest absolute Gasteiger partial charge is 0.160 e. The molecule has 2 N–H and O–H groups in total. The van der Waals surface area contributed by atoms with Crippen LogP contribution >= 0.6 is 0 Å². The Morgan fingerprint density at radius 3 is 2.95 bits per heavy atom. The van der Waals surface area contributed by atoms with Crippen molar-refractivity contribution in [1.29, 1.82) is 0 Å². The van der Waals surface area contributed by atoms with Crippen LogP contribution < -0.4 is 10.1 Å². The molecule has 1 aliphatic carbocycles. The Kier molecular flexibility index (Phi) is 3.99. The number of anilines is 1. The van der Waals surface area contributed by atoms with Gasteiger partial charge < -0.3 is 15.2 Å². The van der Waals surface area contributed by atoms with Gasteiger partial charge in [0.15, 0.2) is 11.5 Å². The average Bonchev–Trinajstić information content (AvgIpc) is 3.17. The molecule has 0 spiro atoms. The number of hydrogen-bond acceptors (Lipinski definition) is 4. The first-order chi connectivity index (χ1) is 10.3. The van der Waals surface area contributed by atoms with E-state index in [1.54, 1.807) is 13.2 Å². The third-order valence-corrected chi connectivity index (χ3v) is 4.04. The van der Waals surface area contributed by atoms with Crippen LogP contribution in [0.3, 0.4) is 0 Å². The van der Waals surface area contributed by atoms with Crippen LogP contribution in [-0.4, -0.2) is 22.0 Å². The summed E-state index contributed by atoms with van der Waals surface area (Å²) in [5.41, 5.74) is 2.08. The molecule has 0 aliphatic heterocycles. The van der Waals surface area contributed by atoms with E-state index in [0.717, 1.165) is 11.3 Å². The number of nitrogens with one attached hydrogen (secondary N) is 1. The minimum Gasteiger partial charge on any atom is -0.504 e. The summed E-state index contributed by atoms with van der Waals surface area (Å²) in [7, 11) is 1.55. The Bertz CT molecular complexity index is 603. The third-order valence-electron chi connectivity index (χ3n) is 4.04. The van der Waals surface area contributed by atoms with Gasteiger partial charge in [-0.05, 0) is 30.5 Å². The topological polar surface area (TPSA) is 59.3 Å². The molecule has 1 fully saturated rings. The molecular formula is C16H21N3O2. The van der Waals surface area contributed by atoms with Crippen molar-refractivity contribution < 1.29 is 9.84 Å². The van der Waals surface area contributed by atoms with E-state index in [1.165, 1.54) is 25.7 Å². The van der Waals surface area contributed by atoms with Gasteiger partial charge in [0.25, 0.3) is 0 Å². The maximum atomic E-state index is 9.59. The molecule has 1 aromatic heterocycles. The normalized spacial score (nSPS) is 15.3. The maximum Gasteiger partial charge on any atom is 0.160 e. The summed E-state index contributed by atoms with van der Waals surface area (Å²) in [6, 6.07) is 5.93. The molecule has 0 atom stereocenters.